The van der Waals surface area contributed by atoms with Crippen molar-refractivity contribution in [1.82, 2.24) is 0 Å². The Bertz CT molecular complexity index is 945. The van der Waals surface area contributed by atoms with E-state index in [4.69, 9.17) is 5.73 Å². The minimum absolute atomic E-state index is 0.135. The second kappa shape index (κ2) is 5.88. The summed E-state index contributed by atoms with van der Waals surface area (Å²) in [5, 5.41) is 0. The molecule has 1 fully saturated rings. The standard InChI is InChI=1S/C19H17N3O3S/c1-12-5-4-6-13(9-12)22-17(24)11-26-19(22)14-7-2-3-8-15(14)21(18(19)25)10-16(20)23/h2-9H,10-11H2,1H3,(H2,20,23)/t19-/m0/s1. The van der Waals surface area contributed by atoms with E-state index in [1.54, 1.807) is 17.0 Å². The zero-order valence-corrected chi connectivity index (χ0v) is 15.0. The Labute approximate surface area is 154 Å². The summed E-state index contributed by atoms with van der Waals surface area (Å²) in [6.07, 6.45) is 0. The number of rotatable bonds is 3. The summed E-state index contributed by atoms with van der Waals surface area (Å²) >= 11 is 1.28. The third kappa shape index (κ3) is 2.24. The highest BCUT2D eigenvalue weighted by molar-refractivity contribution is 8.02. The summed E-state index contributed by atoms with van der Waals surface area (Å²) in [6, 6.07) is 14.8. The number of aryl methyl sites for hydroxylation is 1. The fourth-order valence-corrected chi connectivity index (χ4v) is 4.99. The predicted molar refractivity (Wildman–Crippen MR) is 101 cm³/mol. The van der Waals surface area contributed by atoms with Crippen LogP contribution in [0, 0.1) is 6.92 Å². The molecule has 132 valence electrons. The van der Waals surface area contributed by atoms with Gasteiger partial charge in [0.25, 0.3) is 5.91 Å². The molecule has 0 aromatic heterocycles. The Hall–Kier alpha value is -2.80. The summed E-state index contributed by atoms with van der Waals surface area (Å²) < 4.78 is 0. The molecule has 2 aromatic carbocycles. The first-order chi connectivity index (χ1) is 12.4. The number of carbonyl (C=O) groups is 3. The zero-order chi connectivity index (χ0) is 18.5. The number of nitrogens with two attached hydrogens (primary N) is 1. The van der Waals surface area contributed by atoms with Gasteiger partial charge in [-0.2, -0.15) is 0 Å². The molecule has 2 aromatic rings. The largest absolute Gasteiger partial charge is 0.368 e. The van der Waals surface area contributed by atoms with Crippen LogP contribution < -0.4 is 15.5 Å². The topological polar surface area (TPSA) is 83.7 Å². The van der Waals surface area contributed by atoms with E-state index in [1.165, 1.54) is 16.7 Å². The van der Waals surface area contributed by atoms with Gasteiger partial charge in [0.15, 0.2) is 0 Å². The van der Waals surface area contributed by atoms with Crippen molar-refractivity contribution in [1.29, 1.82) is 0 Å². The Morgan fingerprint density at radius 2 is 1.96 bits per heavy atom. The second-order valence-corrected chi connectivity index (χ2v) is 7.54. The summed E-state index contributed by atoms with van der Waals surface area (Å²) in [4.78, 5) is 39.5. The molecule has 2 aliphatic rings. The molecule has 3 amide bonds. The molecule has 2 aliphatic heterocycles. The van der Waals surface area contributed by atoms with Gasteiger partial charge in [-0.05, 0) is 30.7 Å². The fourth-order valence-electron chi connectivity index (χ4n) is 3.64. The van der Waals surface area contributed by atoms with Crippen LogP contribution in [-0.2, 0) is 19.3 Å². The summed E-state index contributed by atoms with van der Waals surface area (Å²) in [7, 11) is 0. The maximum absolute atomic E-state index is 13.4. The Morgan fingerprint density at radius 3 is 2.69 bits per heavy atom. The average molecular weight is 367 g/mol. The third-order valence-corrected chi connectivity index (χ3v) is 6.02. The second-order valence-electron chi connectivity index (χ2n) is 6.38. The first kappa shape index (κ1) is 16.7. The molecule has 0 saturated carbocycles. The fraction of sp³-hybridized carbons (Fsp3) is 0.211. The van der Waals surface area contributed by atoms with Gasteiger partial charge >= 0.3 is 0 Å². The number of nitrogens with zero attached hydrogens (tertiary/aromatic N) is 2. The first-order valence-electron chi connectivity index (χ1n) is 8.18. The van der Waals surface area contributed by atoms with Gasteiger partial charge in [-0.3, -0.25) is 24.2 Å². The van der Waals surface area contributed by atoms with Crippen molar-refractivity contribution >= 4 is 40.9 Å². The molecule has 2 heterocycles. The minimum atomic E-state index is -1.20. The molecule has 6 nitrogen and oxygen atoms in total. The lowest BCUT2D eigenvalue weighted by molar-refractivity contribution is -0.125. The molecule has 1 saturated heterocycles. The Balaban J connectivity index is 1.92. The number of para-hydroxylation sites is 1. The minimum Gasteiger partial charge on any atom is -0.368 e. The van der Waals surface area contributed by atoms with Gasteiger partial charge in [0.2, 0.25) is 16.7 Å². The number of carbonyl (C=O) groups excluding carboxylic acids is 3. The van der Waals surface area contributed by atoms with Crippen LogP contribution in [0.1, 0.15) is 11.1 Å². The van der Waals surface area contributed by atoms with Crippen LogP contribution in [0.5, 0.6) is 0 Å². The van der Waals surface area contributed by atoms with E-state index in [-0.39, 0.29) is 24.1 Å². The van der Waals surface area contributed by atoms with Crippen LogP contribution in [0.2, 0.25) is 0 Å². The van der Waals surface area contributed by atoms with E-state index >= 15 is 0 Å². The van der Waals surface area contributed by atoms with Crippen LogP contribution >= 0.6 is 11.8 Å². The van der Waals surface area contributed by atoms with Gasteiger partial charge in [0.05, 0.1) is 11.4 Å². The number of amides is 3. The monoisotopic (exact) mass is 367 g/mol. The highest BCUT2D eigenvalue weighted by Crippen LogP contribution is 2.55. The quantitative estimate of drug-likeness (QED) is 0.896. The highest BCUT2D eigenvalue weighted by atomic mass is 32.2. The van der Waals surface area contributed by atoms with Gasteiger partial charge < -0.3 is 5.73 Å². The van der Waals surface area contributed by atoms with Crippen molar-refractivity contribution in [2.45, 2.75) is 11.8 Å². The molecule has 0 unspecified atom stereocenters. The molecule has 2 N–H and O–H groups in total. The third-order valence-electron chi connectivity index (χ3n) is 4.64. The van der Waals surface area contributed by atoms with Gasteiger partial charge in [-0.1, -0.05) is 30.3 Å². The van der Waals surface area contributed by atoms with E-state index < -0.39 is 10.8 Å². The van der Waals surface area contributed by atoms with Crippen LogP contribution in [0.4, 0.5) is 11.4 Å². The van der Waals surface area contributed by atoms with Gasteiger partial charge in [0.1, 0.15) is 6.54 Å². The maximum atomic E-state index is 13.4. The van der Waals surface area contributed by atoms with Crippen molar-refractivity contribution < 1.29 is 14.4 Å². The smallest absolute Gasteiger partial charge is 0.269 e. The molecule has 4 rings (SSSR count). The van der Waals surface area contributed by atoms with Crippen molar-refractivity contribution in [3.63, 3.8) is 0 Å². The van der Waals surface area contributed by atoms with Crippen molar-refractivity contribution in [2.24, 2.45) is 5.73 Å². The van der Waals surface area contributed by atoms with Crippen LogP contribution in [0.15, 0.2) is 48.5 Å². The highest BCUT2D eigenvalue weighted by Gasteiger charge is 2.61. The zero-order valence-electron chi connectivity index (χ0n) is 14.1. The lowest BCUT2D eigenvalue weighted by atomic mass is 10.0. The molecule has 0 radical (unpaired) electrons. The number of thioether (sulfide) groups is 1. The van der Waals surface area contributed by atoms with Crippen molar-refractivity contribution in [2.75, 3.05) is 22.1 Å². The van der Waals surface area contributed by atoms with E-state index in [0.29, 0.717) is 16.9 Å². The average Bonchev–Trinajstić information content (AvgIpc) is 3.07. The van der Waals surface area contributed by atoms with Gasteiger partial charge in [0, 0.05) is 11.3 Å². The van der Waals surface area contributed by atoms with E-state index in [1.807, 2.05) is 43.3 Å². The van der Waals surface area contributed by atoms with E-state index in [0.717, 1.165) is 5.56 Å². The van der Waals surface area contributed by atoms with Crippen LogP contribution in [0.3, 0.4) is 0 Å². The molecular weight excluding hydrogens is 350 g/mol. The SMILES string of the molecule is Cc1cccc(N2C(=O)CS[C@@]23C(=O)N(CC(N)=O)c2ccccc23)c1. The number of hydrogen-bond donors (Lipinski definition) is 1. The van der Waals surface area contributed by atoms with E-state index in [2.05, 4.69) is 0 Å². The van der Waals surface area contributed by atoms with Crippen LogP contribution in [-0.4, -0.2) is 30.0 Å². The normalized spacial score (nSPS) is 21.6. The summed E-state index contributed by atoms with van der Waals surface area (Å²) in [6.45, 7) is 1.72. The number of fused-ring (bicyclic) bond motifs is 2. The number of primary amides is 1. The molecule has 0 aliphatic carbocycles. The lowest BCUT2D eigenvalue weighted by Gasteiger charge is -2.33. The molecule has 1 atom stereocenters. The number of benzene rings is 2. The predicted octanol–water partition coefficient (Wildman–Crippen LogP) is 1.76. The van der Waals surface area contributed by atoms with Crippen LogP contribution in [0.25, 0.3) is 0 Å². The Morgan fingerprint density at radius 1 is 1.19 bits per heavy atom. The van der Waals surface area contributed by atoms with Crippen molar-refractivity contribution in [3.8, 4) is 0 Å². The van der Waals surface area contributed by atoms with Gasteiger partial charge in [-0.25, -0.2) is 0 Å². The summed E-state index contributed by atoms with van der Waals surface area (Å²) in [5.74, 6) is -0.848. The lowest BCUT2D eigenvalue weighted by Crippen LogP contribution is -2.51. The molecule has 0 bridgehead atoms. The summed E-state index contributed by atoms with van der Waals surface area (Å²) in [5.41, 5.74) is 8.35. The molecular formula is C19H17N3O3S. The van der Waals surface area contributed by atoms with E-state index in [9.17, 15) is 14.4 Å². The van der Waals surface area contributed by atoms with Gasteiger partial charge in [-0.15, -0.1) is 11.8 Å². The molecule has 1 spiro atoms. The Kier molecular flexibility index (Phi) is 3.77. The molecule has 7 heteroatoms. The van der Waals surface area contributed by atoms with Crippen molar-refractivity contribution in [3.05, 3.63) is 59.7 Å². The number of hydrogen-bond acceptors (Lipinski definition) is 4. The first-order valence-corrected chi connectivity index (χ1v) is 9.17. The molecule has 26 heavy (non-hydrogen) atoms. The maximum Gasteiger partial charge on any atom is 0.269 e. The number of anilines is 2.